The van der Waals surface area contributed by atoms with Crippen LogP contribution in [0, 0.1) is 0 Å². The van der Waals surface area contributed by atoms with Crippen LogP contribution in [0.5, 0.6) is 0 Å². The number of nitrogens with zero attached hydrogens (tertiary/aromatic N) is 1. The van der Waals surface area contributed by atoms with Crippen LogP contribution in [0.25, 0.3) is 0 Å². The quantitative estimate of drug-likeness (QED) is 0.731. The predicted octanol–water partition coefficient (Wildman–Crippen LogP) is 0.633. The van der Waals surface area contributed by atoms with Crippen molar-refractivity contribution in [2.45, 2.75) is 51.5 Å². The Balaban J connectivity index is 2.36. The zero-order valence-electron chi connectivity index (χ0n) is 11.3. The van der Waals surface area contributed by atoms with Crippen molar-refractivity contribution in [2.24, 2.45) is 5.73 Å². The maximum absolute atomic E-state index is 11.9. The molecule has 1 rings (SSSR count). The Bertz CT molecular complexity index is 281. The van der Waals surface area contributed by atoms with E-state index in [0.717, 1.165) is 32.2 Å². The molecule has 5 heteroatoms. The second-order valence-corrected chi connectivity index (χ2v) is 4.89. The van der Waals surface area contributed by atoms with Gasteiger partial charge in [-0.25, -0.2) is 0 Å². The largest absolute Gasteiger partial charge is 0.352 e. The van der Waals surface area contributed by atoms with Crippen molar-refractivity contribution in [3.05, 3.63) is 0 Å². The summed E-state index contributed by atoms with van der Waals surface area (Å²) in [5.41, 5.74) is 5.41. The molecule has 0 radical (unpaired) electrons. The summed E-state index contributed by atoms with van der Waals surface area (Å²) in [6.45, 7) is 4.00. The van der Waals surface area contributed by atoms with Gasteiger partial charge < -0.3 is 16.0 Å². The highest BCUT2D eigenvalue weighted by Crippen LogP contribution is 2.12. The van der Waals surface area contributed by atoms with Gasteiger partial charge >= 0.3 is 0 Å². The molecule has 104 valence electrons. The molecule has 1 fully saturated rings. The Kier molecular flexibility index (Phi) is 6.72. The molecule has 1 aliphatic heterocycles. The molecular formula is C13H25N3O2. The van der Waals surface area contributed by atoms with Gasteiger partial charge in [0.1, 0.15) is 0 Å². The number of carbonyl (C=O) groups excluding carboxylic acids is 2. The number of likely N-dealkylation sites (tertiary alicyclic amines) is 1. The van der Waals surface area contributed by atoms with Crippen LogP contribution in [0.15, 0.2) is 0 Å². The first-order valence-corrected chi connectivity index (χ1v) is 6.94. The Labute approximate surface area is 109 Å². The van der Waals surface area contributed by atoms with Crippen LogP contribution in [0.4, 0.5) is 0 Å². The molecule has 1 unspecified atom stereocenters. The number of hydrogen-bond donors (Lipinski definition) is 2. The van der Waals surface area contributed by atoms with Crippen LogP contribution in [0.1, 0.15) is 45.4 Å². The summed E-state index contributed by atoms with van der Waals surface area (Å²) >= 11 is 0. The van der Waals surface area contributed by atoms with Crippen LogP contribution >= 0.6 is 0 Å². The van der Waals surface area contributed by atoms with Crippen LogP contribution in [0.3, 0.4) is 0 Å². The second-order valence-electron chi connectivity index (χ2n) is 4.89. The van der Waals surface area contributed by atoms with Gasteiger partial charge in [-0.2, -0.15) is 0 Å². The summed E-state index contributed by atoms with van der Waals surface area (Å²) in [6, 6.07) is 0.125. The van der Waals surface area contributed by atoms with E-state index >= 15 is 0 Å². The zero-order valence-corrected chi connectivity index (χ0v) is 11.3. The maximum atomic E-state index is 11.9. The van der Waals surface area contributed by atoms with E-state index in [1.54, 1.807) is 0 Å². The Morgan fingerprint density at radius 1 is 1.39 bits per heavy atom. The fourth-order valence-corrected chi connectivity index (χ4v) is 2.26. The van der Waals surface area contributed by atoms with Gasteiger partial charge in [0, 0.05) is 32.0 Å². The van der Waals surface area contributed by atoms with Crippen molar-refractivity contribution >= 4 is 11.8 Å². The van der Waals surface area contributed by atoms with Crippen molar-refractivity contribution in [1.29, 1.82) is 0 Å². The van der Waals surface area contributed by atoms with Crippen LogP contribution < -0.4 is 11.1 Å². The summed E-state index contributed by atoms with van der Waals surface area (Å²) < 4.78 is 0. The topological polar surface area (TPSA) is 75.4 Å². The molecule has 5 nitrogen and oxygen atoms in total. The third-order valence-corrected chi connectivity index (χ3v) is 3.21. The van der Waals surface area contributed by atoms with Gasteiger partial charge in [0.05, 0.1) is 0 Å². The number of nitrogens with one attached hydrogen (secondary N) is 1. The lowest BCUT2D eigenvalue weighted by Crippen LogP contribution is -2.49. The first-order chi connectivity index (χ1) is 8.67. The van der Waals surface area contributed by atoms with E-state index in [-0.39, 0.29) is 17.9 Å². The third-order valence-electron chi connectivity index (χ3n) is 3.21. The summed E-state index contributed by atoms with van der Waals surface area (Å²) in [4.78, 5) is 25.3. The highest BCUT2D eigenvalue weighted by Gasteiger charge is 2.23. The number of hydrogen-bond acceptors (Lipinski definition) is 3. The van der Waals surface area contributed by atoms with Gasteiger partial charge in [0.15, 0.2) is 0 Å². The molecule has 18 heavy (non-hydrogen) atoms. The number of amides is 2. The van der Waals surface area contributed by atoms with Gasteiger partial charge in [0.25, 0.3) is 0 Å². The van der Waals surface area contributed by atoms with Crippen LogP contribution in [-0.2, 0) is 9.59 Å². The monoisotopic (exact) mass is 255 g/mol. The molecule has 1 saturated heterocycles. The van der Waals surface area contributed by atoms with E-state index in [0.29, 0.717) is 25.9 Å². The first kappa shape index (κ1) is 15.0. The molecule has 1 heterocycles. The van der Waals surface area contributed by atoms with Gasteiger partial charge in [-0.15, -0.1) is 0 Å². The lowest BCUT2D eigenvalue weighted by atomic mass is 10.0. The van der Waals surface area contributed by atoms with Gasteiger partial charge in [0.2, 0.25) is 11.8 Å². The average Bonchev–Trinajstić information content (AvgIpc) is 2.36. The first-order valence-electron chi connectivity index (χ1n) is 6.94. The Hall–Kier alpha value is -1.10. The minimum atomic E-state index is 0.0961. The summed E-state index contributed by atoms with van der Waals surface area (Å²) in [5, 5.41) is 3.00. The van der Waals surface area contributed by atoms with E-state index in [4.69, 9.17) is 5.73 Å². The Morgan fingerprint density at radius 2 is 2.17 bits per heavy atom. The van der Waals surface area contributed by atoms with E-state index < -0.39 is 0 Å². The number of nitrogens with two attached hydrogens (primary N) is 1. The van der Waals surface area contributed by atoms with Crippen molar-refractivity contribution in [1.82, 2.24) is 10.2 Å². The highest BCUT2D eigenvalue weighted by atomic mass is 16.2. The van der Waals surface area contributed by atoms with Crippen LogP contribution in [0.2, 0.25) is 0 Å². The minimum absolute atomic E-state index is 0.0961. The smallest absolute Gasteiger partial charge is 0.222 e. The maximum Gasteiger partial charge on any atom is 0.222 e. The summed E-state index contributed by atoms with van der Waals surface area (Å²) in [5.74, 6) is 0.258. The second kappa shape index (κ2) is 8.08. The number of rotatable bonds is 6. The molecule has 0 bridgehead atoms. The molecule has 1 aliphatic rings. The van der Waals surface area contributed by atoms with Crippen LogP contribution in [-0.4, -0.2) is 42.4 Å². The van der Waals surface area contributed by atoms with Gasteiger partial charge in [-0.3, -0.25) is 9.59 Å². The normalized spacial score (nSPS) is 19.7. The molecule has 2 amide bonds. The molecule has 0 aromatic carbocycles. The van der Waals surface area contributed by atoms with E-state index in [9.17, 15) is 9.59 Å². The minimum Gasteiger partial charge on any atom is -0.352 e. The predicted molar refractivity (Wildman–Crippen MR) is 70.9 cm³/mol. The molecule has 0 aliphatic carbocycles. The van der Waals surface area contributed by atoms with Gasteiger partial charge in [-0.1, -0.05) is 6.92 Å². The summed E-state index contributed by atoms with van der Waals surface area (Å²) in [7, 11) is 0. The highest BCUT2D eigenvalue weighted by molar-refractivity contribution is 5.77. The van der Waals surface area contributed by atoms with E-state index in [1.807, 2.05) is 11.8 Å². The molecule has 0 saturated carbocycles. The zero-order chi connectivity index (χ0) is 13.4. The lowest BCUT2D eigenvalue weighted by Gasteiger charge is -2.33. The number of piperidine rings is 1. The molecule has 0 aromatic heterocycles. The van der Waals surface area contributed by atoms with Crippen molar-refractivity contribution in [3.8, 4) is 0 Å². The van der Waals surface area contributed by atoms with E-state index in [1.165, 1.54) is 0 Å². The van der Waals surface area contributed by atoms with Gasteiger partial charge in [-0.05, 0) is 32.2 Å². The average molecular weight is 255 g/mol. The SMILES string of the molecule is CCCC(=O)NC1CCCN(C(=O)CCCN)C1. The third kappa shape index (κ3) is 5.04. The van der Waals surface area contributed by atoms with Crippen molar-refractivity contribution in [3.63, 3.8) is 0 Å². The Morgan fingerprint density at radius 3 is 2.83 bits per heavy atom. The van der Waals surface area contributed by atoms with Crippen molar-refractivity contribution < 1.29 is 9.59 Å². The van der Waals surface area contributed by atoms with E-state index in [2.05, 4.69) is 5.32 Å². The fraction of sp³-hybridized carbons (Fsp3) is 0.846. The molecule has 3 N–H and O–H groups in total. The van der Waals surface area contributed by atoms with Crippen molar-refractivity contribution in [2.75, 3.05) is 19.6 Å². The molecule has 0 spiro atoms. The standard InChI is InChI=1S/C13H25N3O2/c1-2-5-12(17)15-11-6-4-9-16(10-11)13(18)7-3-8-14/h11H,2-10,14H2,1H3,(H,15,17). The summed E-state index contributed by atoms with van der Waals surface area (Å²) in [6.07, 6.45) is 4.62. The molecular weight excluding hydrogens is 230 g/mol. The lowest BCUT2D eigenvalue weighted by molar-refractivity contribution is -0.133. The molecule has 0 aromatic rings. The molecule has 1 atom stereocenters. The number of carbonyl (C=O) groups is 2. The fourth-order valence-electron chi connectivity index (χ4n) is 2.26.